The van der Waals surface area contributed by atoms with Crippen LogP contribution in [0.5, 0.6) is 11.5 Å². The lowest BCUT2D eigenvalue weighted by atomic mass is 10.1. The molecule has 4 nitrogen and oxygen atoms in total. The zero-order chi connectivity index (χ0) is 10.7. The van der Waals surface area contributed by atoms with E-state index in [1.165, 1.54) is 24.0 Å². The van der Waals surface area contributed by atoms with Crippen LogP contribution in [0.25, 0.3) is 0 Å². The summed E-state index contributed by atoms with van der Waals surface area (Å²) in [6.45, 7) is 1.63. The van der Waals surface area contributed by atoms with Crippen LogP contribution in [0, 0.1) is 0 Å². The maximum Gasteiger partial charge on any atom is 0.219 e. The lowest BCUT2D eigenvalue weighted by Gasteiger charge is -2.16. The van der Waals surface area contributed by atoms with Crippen molar-refractivity contribution in [3.05, 3.63) is 23.8 Å². The number of hydrogen-bond donors (Lipinski definition) is 2. The maximum absolute atomic E-state index is 10.9. The summed E-state index contributed by atoms with van der Waals surface area (Å²) in [5.41, 5.74) is 0.366. The summed E-state index contributed by atoms with van der Waals surface area (Å²) >= 11 is 0. The normalized spacial score (nSPS) is 9.86. The fourth-order valence-electron chi connectivity index (χ4n) is 1.07. The monoisotopic (exact) mass is 195 g/mol. The molecular weight excluding hydrogens is 182 g/mol. The highest BCUT2D eigenvalue weighted by Gasteiger charge is 2.10. The van der Waals surface area contributed by atoms with E-state index in [9.17, 15) is 15.0 Å². The standard InChI is InChI=1S/C10H13NO3/c1-7(12)11(2)6-8-9(13)4-3-5-10(8)14/h3-5,13-14H,6H2,1-2H3. The lowest BCUT2D eigenvalue weighted by molar-refractivity contribution is -0.128. The van der Waals surface area contributed by atoms with Crippen molar-refractivity contribution in [2.24, 2.45) is 0 Å². The number of carbonyl (C=O) groups is 1. The minimum atomic E-state index is -0.118. The minimum Gasteiger partial charge on any atom is -0.507 e. The number of aromatic hydroxyl groups is 2. The highest BCUT2D eigenvalue weighted by Crippen LogP contribution is 2.27. The number of rotatable bonds is 2. The Balaban J connectivity index is 2.91. The molecule has 0 aromatic heterocycles. The molecule has 0 aliphatic heterocycles. The first-order chi connectivity index (χ1) is 6.52. The van der Waals surface area contributed by atoms with Gasteiger partial charge in [-0.15, -0.1) is 0 Å². The highest BCUT2D eigenvalue weighted by atomic mass is 16.3. The molecule has 0 spiro atoms. The second-order valence-electron chi connectivity index (χ2n) is 3.15. The highest BCUT2D eigenvalue weighted by molar-refractivity contribution is 5.73. The third-order valence-electron chi connectivity index (χ3n) is 2.06. The van der Waals surface area contributed by atoms with Crippen LogP contribution in [-0.4, -0.2) is 28.1 Å². The number of phenolic OH excluding ortho intramolecular Hbond substituents is 2. The molecule has 0 unspecified atom stereocenters. The van der Waals surface area contributed by atoms with Gasteiger partial charge in [-0.1, -0.05) is 6.07 Å². The van der Waals surface area contributed by atoms with E-state index in [4.69, 9.17) is 0 Å². The van der Waals surface area contributed by atoms with Gasteiger partial charge in [-0.05, 0) is 12.1 Å². The predicted molar refractivity (Wildman–Crippen MR) is 51.9 cm³/mol. The molecule has 0 saturated heterocycles. The SMILES string of the molecule is CC(=O)N(C)Cc1c(O)cccc1O. The van der Waals surface area contributed by atoms with E-state index < -0.39 is 0 Å². The van der Waals surface area contributed by atoms with Gasteiger partial charge in [-0.2, -0.15) is 0 Å². The number of carbonyl (C=O) groups excluding carboxylic acids is 1. The molecule has 0 radical (unpaired) electrons. The van der Waals surface area contributed by atoms with E-state index in [1.807, 2.05) is 0 Å². The Labute approximate surface area is 82.4 Å². The van der Waals surface area contributed by atoms with E-state index >= 15 is 0 Å². The van der Waals surface area contributed by atoms with Gasteiger partial charge in [-0.3, -0.25) is 4.79 Å². The number of amides is 1. The van der Waals surface area contributed by atoms with Crippen LogP contribution in [0.1, 0.15) is 12.5 Å². The van der Waals surface area contributed by atoms with Gasteiger partial charge in [0.25, 0.3) is 0 Å². The molecule has 2 N–H and O–H groups in total. The van der Waals surface area contributed by atoms with E-state index in [2.05, 4.69) is 0 Å². The minimum absolute atomic E-state index is 0.00176. The molecule has 4 heteroatoms. The molecule has 0 saturated carbocycles. The molecule has 1 aromatic rings. The van der Waals surface area contributed by atoms with Crippen molar-refractivity contribution in [3.63, 3.8) is 0 Å². The summed E-state index contributed by atoms with van der Waals surface area (Å²) in [5, 5.41) is 18.8. The molecule has 0 heterocycles. The number of phenols is 2. The first-order valence-electron chi connectivity index (χ1n) is 4.24. The number of hydrogen-bond acceptors (Lipinski definition) is 3. The first kappa shape index (κ1) is 10.4. The second-order valence-corrected chi connectivity index (χ2v) is 3.15. The van der Waals surface area contributed by atoms with Crippen LogP contribution in [0.2, 0.25) is 0 Å². The first-order valence-corrected chi connectivity index (χ1v) is 4.24. The average Bonchev–Trinajstić information content (AvgIpc) is 2.11. The fraction of sp³-hybridized carbons (Fsp3) is 0.300. The Morgan fingerprint density at radius 2 is 1.86 bits per heavy atom. The average molecular weight is 195 g/mol. The van der Waals surface area contributed by atoms with Crippen LogP contribution in [-0.2, 0) is 11.3 Å². The van der Waals surface area contributed by atoms with Crippen molar-refractivity contribution in [2.75, 3.05) is 7.05 Å². The number of nitrogens with zero attached hydrogens (tertiary/aromatic N) is 1. The van der Waals surface area contributed by atoms with Crippen molar-refractivity contribution < 1.29 is 15.0 Å². The third-order valence-corrected chi connectivity index (χ3v) is 2.06. The molecule has 0 atom stereocenters. The topological polar surface area (TPSA) is 60.8 Å². The van der Waals surface area contributed by atoms with Gasteiger partial charge in [0.15, 0.2) is 0 Å². The quantitative estimate of drug-likeness (QED) is 0.742. The molecule has 0 fully saturated rings. The maximum atomic E-state index is 10.9. The summed E-state index contributed by atoms with van der Waals surface area (Å²) in [6.07, 6.45) is 0. The van der Waals surface area contributed by atoms with E-state index in [1.54, 1.807) is 13.1 Å². The fourth-order valence-corrected chi connectivity index (χ4v) is 1.07. The zero-order valence-electron chi connectivity index (χ0n) is 8.19. The van der Waals surface area contributed by atoms with Crippen LogP contribution in [0.4, 0.5) is 0 Å². The lowest BCUT2D eigenvalue weighted by Crippen LogP contribution is -2.23. The van der Waals surface area contributed by atoms with Gasteiger partial charge < -0.3 is 15.1 Å². The van der Waals surface area contributed by atoms with Gasteiger partial charge in [0.05, 0.1) is 12.1 Å². The Kier molecular flexibility index (Phi) is 2.96. The van der Waals surface area contributed by atoms with Gasteiger partial charge in [0.2, 0.25) is 5.91 Å². The molecule has 0 aliphatic rings. The van der Waals surface area contributed by atoms with Crippen molar-refractivity contribution in [3.8, 4) is 11.5 Å². The van der Waals surface area contributed by atoms with Crippen LogP contribution in [0.15, 0.2) is 18.2 Å². The second kappa shape index (κ2) is 4.00. The third kappa shape index (κ3) is 2.16. The Morgan fingerprint density at radius 3 is 2.29 bits per heavy atom. The van der Waals surface area contributed by atoms with Crippen molar-refractivity contribution in [2.45, 2.75) is 13.5 Å². The molecule has 1 rings (SSSR count). The molecular formula is C10H13NO3. The van der Waals surface area contributed by atoms with Crippen LogP contribution < -0.4 is 0 Å². The smallest absolute Gasteiger partial charge is 0.219 e. The van der Waals surface area contributed by atoms with Gasteiger partial charge in [0, 0.05) is 14.0 Å². The summed E-state index contributed by atoms with van der Waals surface area (Å²) in [7, 11) is 1.61. The predicted octanol–water partition coefficient (Wildman–Crippen LogP) is 1.08. The summed E-state index contributed by atoms with van der Waals surface area (Å²) in [6, 6.07) is 4.49. The summed E-state index contributed by atoms with van der Waals surface area (Å²) in [5.74, 6) is -0.121. The van der Waals surface area contributed by atoms with E-state index in [-0.39, 0.29) is 24.0 Å². The van der Waals surface area contributed by atoms with E-state index in [0.717, 1.165) is 0 Å². The molecule has 0 aliphatic carbocycles. The number of benzene rings is 1. The largest absolute Gasteiger partial charge is 0.507 e. The van der Waals surface area contributed by atoms with Crippen molar-refractivity contribution >= 4 is 5.91 Å². The van der Waals surface area contributed by atoms with Crippen molar-refractivity contribution in [1.82, 2.24) is 4.90 Å². The summed E-state index contributed by atoms with van der Waals surface area (Å²) < 4.78 is 0. The molecule has 76 valence electrons. The van der Waals surface area contributed by atoms with E-state index in [0.29, 0.717) is 5.56 Å². The molecule has 1 aromatic carbocycles. The Bertz CT molecular complexity index is 329. The molecule has 0 bridgehead atoms. The van der Waals surface area contributed by atoms with Gasteiger partial charge in [-0.25, -0.2) is 0 Å². The van der Waals surface area contributed by atoms with Gasteiger partial charge in [0.1, 0.15) is 11.5 Å². The summed E-state index contributed by atoms with van der Waals surface area (Å²) in [4.78, 5) is 12.3. The molecule has 14 heavy (non-hydrogen) atoms. The van der Waals surface area contributed by atoms with Crippen LogP contribution in [0.3, 0.4) is 0 Å². The van der Waals surface area contributed by atoms with Gasteiger partial charge >= 0.3 is 0 Å². The van der Waals surface area contributed by atoms with Crippen LogP contribution >= 0.6 is 0 Å². The Hall–Kier alpha value is -1.71. The molecule has 1 amide bonds. The Morgan fingerprint density at radius 1 is 1.36 bits per heavy atom. The van der Waals surface area contributed by atoms with Crippen molar-refractivity contribution in [1.29, 1.82) is 0 Å². The zero-order valence-corrected chi connectivity index (χ0v) is 8.19.